The molecule has 0 aliphatic rings. The van der Waals surface area contributed by atoms with Crippen LogP contribution in [0.15, 0.2) is 30.1 Å². The van der Waals surface area contributed by atoms with Crippen molar-refractivity contribution in [2.24, 2.45) is 0 Å². The molecule has 94 valence electrons. The average Bonchev–Trinajstić information content (AvgIpc) is 2.26. The molecule has 0 saturated carbocycles. The number of rotatable bonds is 2. The van der Waals surface area contributed by atoms with Gasteiger partial charge in [-0.05, 0) is 30.2 Å². The molecule has 0 atom stereocenters. The summed E-state index contributed by atoms with van der Waals surface area (Å²) >= 11 is 0. The maximum absolute atomic E-state index is 12.8. The third-order valence-corrected chi connectivity index (χ3v) is 2.20. The molecular formula is C11H8F6. The van der Waals surface area contributed by atoms with Gasteiger partial charge in [0.05, 0.1) is 5.56 Å². The smallest absolute Gasteiger partial charge is 0.205 e. The van der Waals surface area contributed by atoms with Crippen LogP contribution in [0.4, 0.5) is 26.3 Å². The van der Waals surface area contributed by atoms with Crippen LogP contribution in [-0.2, 0) is 6.18 Å². The first-order valence-corrected chi connectivity index (χ1v) is 4.55. The highest BCUT2D eigenvalue weighted by atomic mass is 19.4. The first-order valence-electron chi connectivity index (χ1n) is 4.55. The van der Waals surface area contributed by atoms with Gasteiger partial charge in [0.25, 0.3) is 6.43 Å². The Bertz CT molecular complexity index is 413. The first kappa shape index (κ1) is 13.6. The lowest BCUT2D eigenvalue weighted by atomic mass is 10.0. The number of hydrogen-bond donors (Lipinski definition) is 0. The van der Waals surface area contributed by atoms with E-state index in [-0.39, 0.29) is 11.1 Å². The standard InChI is InChI=1S/C11H8F6/c1-6(9(12)10(13)14)7-2-4-8(5-3-7)11(15,16)17/h2-5,10H,1H3/b9-6+. The number of alkyl halides is 5. The van der Waals surface area contributed by atoms with Crippen LogP contribution in [0.25, 0.3) is 5.57 Å². The summed E-state index contributed by atoms with van der Waals surface area (Å²) in [6.45, 7) is 1.09. The lowest BCUT2D eigenvalue weighted by Gasteiger charge is -2.08. The number of halogens is 6. The second-order valence-electron chi connectivity index (χ2n) is 3.35. The Morgan fingerprint density at radius 1 is 1.06 bits per heavy atom. The van der Waals surface area contributed by atoms with E-state index in [1.807, 2.05) is 0 Å². The number of benzene rings is 1. The maximum Gasteiger partial charge on any atom is 0.416 e. The molecule has 0 nitrogen and oxygen atoms in total. The summed E-state index contributed by atoms with van der Waals surface area (Å²) in [5.74, 6) is -1.63. The maximum atomic E-state index is 12.8. The van der Waals surface area contributed by atoms with Gasteiger partial charge in [-0.25, -0.2) is 13.2 Å². The summed E-state index contributed by atoms with van der Waals surface area (Å²) in [6, 6.07) is 3.36. The van der Waals surface area contributed by atoms with Crippen molar-refractivity contribution in [2.75, 3.05) is 0 Å². The Morgan fingerprint density at radius 3 is 1.88 bits per heavy atom. The van der Waals surface area contributed by atoms with Crippen molar-refractivity contribution in [1.82, 2.24) is 0 Å². The van der Waals surface area contributed by atoms with Crippen molar-refractivity contribution in [3.63, 3.8) is 0 Å². The van der Waals surface area contributed by atoms with Crippen LogP contribution < -0.4 is 0 Å². The summed E-state index contributed by atoms with van der Waals surface area (Å²) in [5.41, 5.74) is -1.28. The molecule has 0 bridgehead atoms. The topological polar surface area (TPSA) is 0 Å². The van der Waals surface area contributed by atoms with E-state index in [2.05, 4.69) is 0 Å². The predicted octanol–water partition coefficient (Wildman–Crippen LogP) is 4.67. The molecular weight excluding hydrogens is 246 g/mol. The molecule has 0 saturated heterocycles. The van der Waals surface area contributed by atoms with E-state index < -0.39 is 24.0 Å². The average molecular weight is 254 g/mol. The summed E-state index contributed by atoms with van der Waals surface area (Å²) in [5, 5.41) is 0. The van der Waals surface area contributed by atoms with E-state index in [9.17, 15) is 26.3 Å². The predicted molar refractivity (Wildman–Crippen MR) is 51.2 cm³/mol. The fourth-order valence-electron chi connectivity index (χ4n) is 1.21. The van der Waals surface area contributed by atoms with Crippen molar-refractivity contribution in [3.8, 4) is 0 Å². The molecule has 17 heavy (non-hydrogen) atoms. The van der Waals surface area contributed by atoms with Gasteiger partial charge in [-0.2, -0.15) is 13.2 Å². The minimum atomic E-state index is -4.50. The largest absolute Gasteiger partial charge is 0.416 e. The van der Waals surface area contributed by atoms with Crippen LogP contribution in [0.3, 0.4) is 0 Å². The van der Waals surface area contributed by atoms with Crippen LogP contribution in [0.2, 0.25) is 0 Å². The molecule has 0 aliphatic heterocycles. The van der Waals surface area contributed by atoms with Crippen molar-refractivity contribution in [3.05, 3.63) is 41.2 Å². The Kier molecular flexibility index (Phi) is 3.85. The third-order valence-electron chi connectivity index (χ3n) is 2.20. The quantitative estimate of drug-likeness (QED) is 0.673. The van der Waals surface area contributed by atoms with E-state index in [4.69, 9.17) is 0 Å². The van der Waals surface area contributed by atoms with Crippen LogP contribution in [-0.4, -0.2) is 6.43 Å². The molecule has 0 radical (unpaired) electrons. The van der Waals surface area contributed by atoms with Gasteiger partial charge in [-0.3, -0.25) is 0 Å². The molecule has 0 amide bonds. The molecule has 1 aromatic rings. The van der Waals surface area contributed by atoms with Gasteiger partial charge in [-0.15, -0.1) is 0 Å². The lowest BCUT2D eigenvalue weighted by molar-refractivity contribution is -0.137. The highest BCUT2D eigenvalue weighted by molar-refractivity contribution is 5.66. The molecule has 0 fully saturated rings. The SMILES string of the molecule is C/C(=C(\F)C(F)F)c1ccc(C(F)(F)F)cc1. The lowest BCUT2D eigenvalue weighted by Crippen LogP contribution is -2.04. The molecule has 0 unspecified atom stereocenters. The first-order chi connectivity index (χ1) is 7.73. The zero-order chi connectivity index (χ0) is 13.2. The van der Waals surface area contributed by atoms with Crippen LogP contribution in [0.5, 0.6) is 0 Å². The second kappa shape index (κ2) is 4.81. The monoisotopic (exact) mass is 254 g/mol. The van der Waals surface area contributed by atoms with E-state index in [1.165, 1.54) is 0 Å². The Hall–Kier alpha value is -1.46. The second-order valence-corrected chi connectivity index (χ2v) is 3.35. The summed E-state index contributed by atoms with van der Waals surface area (Å²) in [7, 11) is 0. The van der Waals surface area contributed by atoms with Gasteiger partial charge in [-0.1, -0.05) is 12.1 Å². The third kappa shape index (κ3) is 3.25. The van der Waals surface area contributed by atoms with Gasteiger partial charge < -0.3 is 0 Å². The summed E-state index contributed by atoms with van der Waals surface area (Å²) in [4.78, 5) is 0. The molecule has 0 N–H and O–H groups in total. The zero-order valence-corrected chi connectivity index (χ0v) is 8.65. The van der Waals surface area contributed by atoms with E-state index in [1.54, 1.807) is 0 Å². The highest BCUT2D eigenvalue weighted by Crippen LogP contribution is 2.31. The highest BCUT2D eigenvalue weighted by Gasteiger charge is 2.30. The minimum absolute atomic E-state index is 0.00389. The summed E-state index contributed by atoms with van der Waals surface area (Å²) < 4.78 is 73.5. The molecule has 0 aliphatic carbocycles. The van der Waals surface area contributed by atoms with E-state index in [0.29, 0.717) is 0 Å². The zero-order valence-electron chi connectivity index (χ0n) is 8.65. The van der Waals surface area contributed by atoms with Gasteiger partial charge in [0.1, 0.15) is 0 Å². The molecule has 1 aromatic carbocycles. The van der Waals surface area contributed by atoms with Crippen LogP contribution in [0.1, 0.15) is 18.1 Å². The normalized spacial score (nSPS) is 13.9. The van der Waals surface area contributed by atoms with Crippen LogP contribution in [0, 0.1) is 0 Å². The van der Waals surface area contributed by atoms with Crippen molar-refractivity contribution >= 4 is 5.57 Å². The van der Waals surface area contributed by atoms with Gasteiger partial charge in [0.15, 0.2) is 5.83 Å². The molecule has 0 heterocycles. The fourth-order valence-corrected chi connectivity index (χ4v) is 1.21. The van der Waals surface area contributed by atoms with E-state index >= 15 is 0 Å². The number of hydrogen-bond acceptors (Lipinski definition) is 0. The van der Waals surface area contributed by atoms with Gasteiger partial charge in [0.2, 0.25) is 0 Å². The Balaban J connectivity index is 3.08. The number of allylic oxidation sites excluding steroid dienone is 2. The minimum Gasteiger partial charge on any atom is -0.205 e. The van der Waals surface area contributed by atoms with Crippen LogP contribution >= 0.6 is 0 Å². The van der Waals surface area contributed by atoms with Gasteiger partial charge in [0, 0.05) is 0 Å². The Labute approximate surface area is 93.6 Å². The van der Waals surface area contributed by atoms with Crippen molar-refractivity contribution in [2.45, 2.75) is 19.5 Å². The van der Waals surface area contributed by atoms with Crippen molar-refractivity contribution in [1.29, 1.82) is 0 Å². The molecule has 6 heteroatoms. The summed E-state index contributed by atoms with van der Waals surface area (Å²) in [6.07, 6.45) is -7.77. The van der Waals surface area contributed by atoms with E-state index in [0.717, 1.165) is 31.2 Å². The van der Waals surface area contributed by atoms with Crippen molar-refractivity contribution < 1.29 is 26.3 Å². The Morgan fingerprint density at radius 2 is 1.53 bits per heavy atom. The molecule has 0 aromatic heterocycles. The molecule has 0 spiro atoms. The van der Waals surface area contributed by atoms with Gasteiger partial charge >= 0.3 is 6.18 Å². The molecule has 1 rings (SSSR count). The fraction of sp³-hybridized carbons (Fsp3) is 0.273.